The van der Waals surface area contributed by atoms with Gasteiger partial charge >= 0.3 is 0 Å². The summed E-state index contributed by atoms with van der Waals surface area (Å²) in [6, 6.07) is 9.36. The quantitative estimate of drug-likeness (QED) is 0.550. The van der Waals surface area contributed by atoms with Gasteiger partial charge in [0.2, 0.25) is 21.8 Å². The molecule has 0 saturated heterocycles. The topological polar surface area (TPSA) is 86.8 Å². The summed E-state index contributed by atoms with van der Waals surface area (Å²) in [4.78, 5) is 27.4. The summed E-state index contributed by atoms with van der Waals surface area (Å²) in [5, 5.41) is 3.40. The molecule has 0 saturated carbocycles. The molecule has 0 heterocycles. The fraction of sp³-hybridized carbons (Fsp3) is 0.391. The third-order valence-electron chi connectivity index (χ3n) is 5.38. The predicted molar refractivity (Wildman–Crippen MR) is 133 cm³/mol. The van der Waals surface area contributed by atoms with E-state index in [1.165, 1.54) is 4.90 Å². The van der Waals surface area contributed by atoms with Crippen LogP contribution in [0.4, 0.5) is 5.69 Å². The van der Waals surface area contributed by atoms with E-state index in [0.717, 1.165) is 21.7 Å². The van der Waals surface area contributed by atoms with Gasteiger partial charge in [-0.25, -0.2) is 8.42 Å². The molecule has 1 N–H and O–H groups in total. The van der Waals surface area contributed by atoms with Gasteiger partial charge in [-0.1, -0.05) is 41.4 Å². The van der Waals surface area contributed by atoms with Gasteiger partial charge in [-0.15, -0.1) is 0 Å². The Hall–Kier alpha value is -2.29. The Morgan fingerprint density at radius 1 is 1.09 bits per heavy atom. The highest BCUT2D eigenvalue weighted by atomic mass is 35.5. The monoisotopic (exact) mass is 513 g/mol. The molecule has 0 unspecified atom stereocenters. The minimum Gasteiger partial charge on any atom is -0.355 e. The number of likely N-dealkylation sites (N-methyl/N-ethyl adjacent to an activating group) is 1. The van der Waals surface area contributed by atoms with Crippen LogP contribution in [0.2, 0.25) is 10.0 Å². The number of hydrogen-bond acceptors (Lipinski definition) is 4. The molecule has 0 aliphatic carbocycles. The first-order valence-electron chi connectivity index (χ1n) is 10.4. The van der Waals surface area contributed by atoms with Crippen LogP contribution in [0.5, 0.6) is 0 Å². The molecule has 0 aromatic heterocycles. The molecule has 0 aliphatic heterocycles. The van der Waals surface area contributed by atoms with Crippen molar-refractivity contribution in [1.29, 1.82) is 0 Å². The van der Waals surface area contributed by atoms with E-state index in [9.17, 15) is 18.0 Å². The first kappa shape index (κ1) is 27.0. The van der Waals surface area contributed by atoms with Gasteiger partial charge in [0.15, 0.2) is 0 Å². The Morgan fingerprint density at radius 2 is 1.76 bits per heavy atom. The highest BCUT2D eigenvalue weighted by Gasteiger charge is 2.30. The number of halogens is 2. The molecule has 0 spiro atoms. The highest BCUT2D eigenvalue weighted by Crippen LogP contribution is 2.26. The smallest absolute Gasteiger partial charge is 0.244 e. The van der Waals surface area contributed by atoms with E-state index in [2.05, 4.69) is 5.32 Å². The summed E-state index contributed by atoms with van der Waals surface area (Å²) in [6.45, 7) is 7.06. The predicted octanol–water partition coefficient (Wildman–Crippen LogP) is 3.93. The van der Waals surface area contributed by atoms with Crippen molar-refractivity contribution in [1.82, 2.24) is 10.2 Å². The lowest BCUT2D eigenvalue weighted by Gasteiger charge is -2.32. The largest absolute Gasteiger partial charge is 0.355 e. The maximum atomic E-state index is 13.5. The van der Waals surface area contributed by atoms with E-state index in [1.54, 1.807) is 51.1 Å². The van der Waals surface area contributed by atoms with E-state index < -0.39 is 28.5 Å². The van der Waals surface area contributed by atoms with Crippen molar-refractivity contribution >= 4 is 50.7 Å². The molecule has 7 nitrogen and oxygen atoms in total. The molecular formula is C23H29Cl2N3O4S. The molecule has 2 amide bonds. The highest BCUT2D eigenvalue weighted by molar-refractivity contribution is 7.92. The van der Waals surface area contributed by atoms with Gasteiger partial charge in [0, 0.05) is 13.1 Å². The number of carbonyl (C=O) groups excluding carboxylic acids is 2. The second-order valence-corrected chi connectivity index (χ2v) is 10.6. The van der Waals surface area contributed by atoms with Crippen molar-refractivity contribution in [3.63, 3.8) is 0 Å². The average Bonchev–Trinajstić information content (AvgIpc) is 2.73. The minimum atomic E-state index is -3.78. The van der Waals surface area contributed by atoms with Crippen LogP contribution in [0.1, 0.15) is 30.5 Å². The van der Waals surface area contributed by atoms with Crippen LogP contribution >= 0.6 is 23.2 Å². The van der Waals surface area contributed by atoms with Crippen LogP contribution in [0, 0.1) is 13.8 Å². The molecule has 2 aromatic rings. The Bertz CT molecular complexity index is 1140. The normalized spacial score (nSPS) is 12.2. The summed E-state index contributed by atoms with van der Waals surface area (Å²) < 4.78 is 26.4. The Labute approximate surface area is 205 Å². The van der Waals surface area contributed by atoms with Gasteiger partial charge in [0.05, 0.1) is 22.0 Å². The lowest BCUT2D eigenvalue weighted by Crippen LogP contribution is -2.51. The van der Waals surface area contributed by atoms with Gasteiger partial charge in [0.1, 0.15) is 12.6 Å². The van der Waals surface area contributed by atoms with E-state index >= 15 is 0 Å². The summed E-state index contributed by atoms with van der Waals surface area (Å²) in [5.41, 5.74) is 2.73. The Morgan fingerprint density at radius 3 is 2.33 bits per heavy atom. The molecule has 2 aromatic carbocycles. The molecule has 0 bridgehead atoms. The third kappa shape index (κ3) is 6.85. The number of nitrogens with one attached hydrogen (secondary N) is 1. The number of sulfonamides is 1. The fourth-order valence-corrected chi connectivity index (χ4v) is 4.56. The maximum Gasteiger partial charge on any atom is 0.244 e. The minimum absolute atomic E-state index is 0.0540. The summed E-state index contributed by atoms with van der Waals surface area (Å²) >= 11 is 12.1. The Balaban J connectivity index is 2.45. The lowest BCUT2D eigenvalue weighted by atomic mass is 10.1. The molecular weight excluding hydrogens is 485 g/mol. The number of benzene rings is 2. The zero-order valence-corrected chi connectivity index (χ0v) is 21.7. The number of carbonyl (C=O) groups is 2. The van der Waals surface area contributed by atoms with Gasteiger partial charge < -0.3 is 10.2 Å². The summed E-state index contributed by atoms with van der Waals surface area (Å²) in [5.74, 6) is -0.866. The van der Waals surface area contributed by atoms with Crippen LogP contribution in [0.25, 0.3) is 0 Å². The van der Waals surface area contributed by atoms with Crippen molar-refractivity contribution in [2.75, 3.05) is 23.7 Å². The number of anilines is 1. The number of aryl methyl sites for hydroxylation is 1. The van der Waals surface area contributed by atoms with Gasteiger partial charge in [0.25, 0.3) is 0 Å². The van der Waals surface area contributed by atoms with Gasteiger partial charge in [-0.05, 0) is 62.6 Å². The number of amides is 2. The van der Waals surface area contributed by atoms with Crippen LogP contribution in [0.15, 0.2) is 36.4 Å². The van der Waals surface area contributed by atoms with E-state index in [0.29, 0.717) is 27.8 Å². The second kappa shape index (κ2) is 11.2. The molecule has 1 atom stereocenters. The molecule has 0 radical (unpaired) electrons. The van der Waals surface area contributed by atoms with Crippen molar-refractivity contribution < 1.29 is 18.0 Å². The van der Waals surface area contributed by atoms with Crippen molar-refractivity contribution in [2.45, 2.75) is 40.3 Å². The first-order chi connectivity index (χ1) is 15.4. The molecule has 180 valence electrons. The van der Waals surface area contributed by atoms with E-state index in [1.807, 2.05) is 13.0 Å². The van der Waals surface area contributed by atoms with Gasteiger partial charge in [-0.2, -0.15) is 0 Å². The first-order valence-corrected chi connectivity index (χ1v) is 13.0. The van der Waals surface area contributed by atoms with Crippen LogP contribution < -0.4 is 9.62 Å². The zero-order valence-electron chi connectivity index (χ0n) is 19.4. The number of hydrogen-bond donors (Lipinski definition) is 1. The molecule has 0 fully saturated rings. The summed E-state index contributed by atoms with van der Waals surface area (Å²) in [6.07, 6.45) is 1.05. The SMILES string of the molecule is CCNC(=O)[C@@H](C)N(Cc1ccc(Cl)c(Cl)c1)C(=O)CN(c1cccc(C)c1C)S(C)(=O)=O. The maximum absolute atomic E-state index is 13.5. The molecule has 2 rings (SSSR count). The van der Waals surface area contributed by atoms with Gasteiger partial charge in [-0.3, -0.25) is 13.9 Å². The van der Waals surface area contributed by atoms with E-state index in [4.69, 9.17) is 23.2 Å². The Kier molecular flexibility index (Phi) is 9.17. The average molecular weight is 514 g/mol. The van der Waals surface area contributed by atoms with Crippen LogP contribution in [-0.4, -0.2) is 50.5 Å². The fourth-order valence-electron chi connectivity index (χ4n) is 3.34. The van der Waals surface area contributed by atoms with E-state index in [-0.39, 0.29) is 12.5 Å². The number of nitrogens with zero attached hydrogens (tertiary/aromatic N) is 2. The number of rotatable bonds is 9. The van der Waals surface area contributed by atoms with Crippen molar-refractivity contribution in [2.24, 2.45) is 0 Å². The van der Waals surface area contributed by atoms with Crippen molar-refractivity contribution in [3.8, 4) is 0 Å². The molecule has 10 heteroatoms. The van der Waals surface area contributed by atoms with Crippen LogP contribution in [-0.2, 0) is 26.2 Å². The zero-order chi connectivity index (χ0) is 24.9. The molecule has 33 heavy (non-hydrogen) atoms. The summed E-state index contributed by atoms with van der Waals surface area (Å²) in [7, 11) is -3.78. The van der Waals surface area contributed by atoms with Crippen molar-refractivity contribution in [3.05, 3.63) is 63.1 Å². The van der Waals surface area contributed by atoms with Crippen LogP contribution in [0.3, 0.4) is 0 Å². The standard InChI is InChI=1S/C23H29Cl2N3O4S/c1-6-26-23(30)17(4)27(13-18-10-11-19(24)20(25)12-18)22(29)14-28(33(5,31)32)21-9-7-8-15(2)16(21)3/h7-12,17H,6,13-14H2,1-5H3,(H,26,30)/t17-/m1/s1. The third-order valence-corrected chi connectivity index (χ3v) is 7.24. The lowest BCUT2D eigenvalue weighted by molar-refractivity contribution is -0.139. The second-order valence-electron chi connectivity index (χ2n) is 7.83. The molecule has 0 aliphatic rings.